The van der Waals surface area contributed by atoms with Gasteiger partial charge in [0.05, 0.1) is 13.2 Å². The largest absolute Gasteiger partial charge is 0.488 e. The first-order valence-electron chi connectivity index (χ1n) is 7.61. The van der Waals surface area contributed by atoms with Gasteiger partial charge in [0.15, 0.2) is 5.75 Å². The topological polar surface area (TPSA) is 64.1 Å². The van der Waals surface area contributed by atoms with Crippen LogP contribution in [-0.2, 0) is 6.54 Å². The van der Waals surface area contributed by atoms with Crippen LogP contribution in [0.5, 0.6) is 5.75 Å². The highest BCUT2D eigenvalue weighted by Crippen LogP contribution is 2.09. The van der Waals surface area contributed by atoms with Crippen LogP contribution in [0.4, 0.5) is 0 Å². The number of ether oxygens (including phenoxy) is 1. The maximum atomic E-state index is 12.5. The lowest BCUT2D eigenvalue weighted by Crippen LogP contribution is -2.21. The van der Waals surface area contributed by atoms with Crippen LogP contribution in [0.25, 0.3) is 10.8 Å². The Labute approximate surface area is 133 Å². The van der Waals surface area contributed by atoms with Gasteiger partial charge < -0.3 is 14.3 Å². The molecule has 0 bridgehead atoms. The van der Waals surface area contributed by atoms with E-state index in [1.807, 2.05) is 31.2 Å². The van der Waals surface area contributed by atoms with Gasteiger partial charge in [-0.25, -0.2) is 0 Å². The summed E-state index contributed by atoms with van der Waals surface area (Å²) < 4.78 is 6.94. The van der Waals surface area contributed by atoms with Crippen LogP contribution < -0.4 is 15.7 Å². The van der Waals surface area contributed by atoms with E-state index < -0.39 is 0 Å². The maximum absolute atomic E-state index is 12.5. The summed E-state index contributed by atoms with van der Waals surface area (Å²) in [5, 5.41) is 1.57. The quantitative estimate of drug-likeness (QED) is 0.787. The molecule has 3 rings (SSSR count). The molecule has 0 radical (unpaired) electrons. The van der Waals surface area contributed by atoms with Crippen LogP contribution in [0.15, 0.2) is 58.4 Å². The van der Waals surface area contributed by atoms with Gasteiger partial charge in [-0.3, -0.25) is 9.59 Å². The number of hydrogen-bond donors (Lipinski definition) is 1. The van der Waals surface area contributed by atoms with Gasteiger partial charge in [-0.05, 0) is 23.9 Å². The van der Waals surface area contributed by atoms with Gasteiger partial charge in [-0.1, -0.05) is 25.1 Å². The molecule has 5 heteroatoms. The zero-order chi connectivity index (χ0) is 16.2. The van der Waals surface area contributed by atoms with E-state index in [-0.39, 0.29) is 11.0 Å². The van der Waals surface area contributed by atoms with Gasteiger partial charge in [-0.2, -0.15) is 0 Å². The fourth-order valence-corrected chi connectivity index (χ4v) is 2.45. The molecule has 0 aliphatic heterocycles. The minimum Gasteiger partial charge on any atom is -0.488 e. The smallest absolute Gasteiger partial charge is 0.258 e. The molecule has 0 atom stereocenters. The fourth-order valence-electron chi connectivity index (χ4n) is 2.45. The van der Waals surface area contributed by atoms with Crippen LogP contribution >= 0.6 is 0 Å². The van der Waals surface area contributed by atoms with Crippen LogP contribution in [0, 0.1) is 0 Å². The number of nitrogens with zero attached hydrogens (tertiary/aromatic N) is 1. The zero-order valence-corrected chi connectivity index (χ0v) is 12.9. The van der Waals surface area contributed by atoms with Crippen molar-refractivity contribution >= 4 is 10.8 Å². The molecule has 0 spiro atoms. The molecule has 1 aromatic carbocycles. The lowest BCUT2D eigenvalue weighted by molar-refractivity contribution is 0.313. The normalized spacial score (nSPS) is 10.8. The van der Waals surface area contributed by atoms with Crippen LogP contribution in [0.2, 0.25) is 0 Å². The highest BCUT2D eigenvalue weighted by atomic mass is 16.5. The monoisotopic (exact) mass is 310 g/mol. The molecule has 0 unspecified atom stereocenters. The number of hydrogen-bond acceptors (Lipinski definition) is 3. The van der Waals surface area contributed by atoms with Gasteiger partial charge in [0.2, 0.25) is 5.43 Å². The van der Waals surface area contributed by atoms with E-state index >= 15 is 0 Å². The number of nitrogens with one attached hydrogen (secondary N) is 1. The Hall–Kier alpha value is -2.82. The molecule has 1 N–H and O–H groups in total. The molecule has 0 aliphatic rings. The molecule has 0 aliphatic carbocycles. The van der Waals surface area contributed by atoms with Gasteiger partial charge in [0, 0.05) is 29.5 Å². The summed E-state index contributed by atoms with van der Waals surface area (Å²) >= 11 is 0. The summed E-state index contributed by atoms with van der Waals surface area (Å²) in [6, 6.07) is 10.8. The second-order valence-electron chi connectivity index (χ2n) is 5.37. The highest BCUT2D eigenvalue weighted by Gasteiger charge is 2.06. The van der Waals surface area contributed by atoms with E-state index in [4.69, 9.17) is 4.74 Å². The van der Waals surface area contributed by atoms with Gasteiger partial charge in [0.25, 0.3) is 5.56 Å². The molecule has 2 aromatic heterocycles. The van der Waals surface area contributed by atoms with Gasteiger partial charge >= 0.3 is 0 Å². The molecular weight excluding hydrogens is 292 g/mol. The number of H-pyrrole nitrogens is 1. The van der Waals surface area contributed by atoms with Crippen molar-refractivity contribution in [3.8, 4) is 5.75 Å². The molecular formula is C18H18N2O3. The van der Waals surface area contributed by atoms with E-state index in [1.165, 1.54) is 6.07 Å². The van der Waals surface area contributed by atoms with E-state index in [0.29, 0.717) is 30.0 Å². The second kappa shape index (κ2) is 6.52. The first-order valence-corrected chi connectivity index (χ1v) is 7.61. The molecule has 23 heavy (non-hydrogen) atoms. The van der Waals surface area contributed by atoms with Crippen molar-refractivity contribution in [3.05, 3.63) is 75.1 Å². The summed E-state index contributed by atoms with van der Waals surface area (Å²) in [7, 11) is 0. The molecule has 0 saturated heterocycles. The Morgan fingerprint density at radius 1 is 1.17 bits per heavy atom. The van der Waals surface area contributed by atoms with Crippen LogP contribution in [0.1, 0.15) is 19.0 Å². The van der Waals surface area contributed by atoms with Gasteiger partial charge in [-0.15, -0.1) is 0 Å². The number of aromatic amines is 1. The Kier molecular flexibility index (Phi) is 4.28. The van der Waals surface area contributed by atoms with Crippen molar-refractivity contribution < 1.29 is 4.74 Å². The van der Waals surface area contributed by atoms with Crippen LogP contribution in [-0.4, -0.2) is 16.2 Å². The predicted octanol–water partition coefficient (Wildman–Crippen LogP) is 2.53. The van der Waals surface area contributed by atoms with Gasteiger partial charge in [0.1, 0.15) is 0 Å². The third-order valence-electron chi connectivity index (χ3n) is 3.63. The minimum atomic E-state index is -0.180. The lowest BCUT2D eigenvalue weighted by atomic mass is 10.2. The average molecular weight is 310 g/mol. The van der Waals surface area contributed by atoms with Crippen molar-refractivity contribution in [2.75, 3.05) is 6.61 Å². The standard InChI is InChI=1S/C18H18N2O3/c1-2-9-23-17-11-19-14(10-16(17)21)12-20-8-7-13-5-3-4-6-15(13)18(20)22/h3-8,10-11H,2,9,12H2,1H3,(H,19,21). The first kappa shape index (κ1) is 15.1. The Balaban J connectivity index is 1.90. The number of fused-ring (bicyclic) bond motifs is 1. The number of pyridine rings is 2. The molecule has 0 amide bonds. The van der Waals surface area contributed by atoms with Crippen molar-refractivity contribution in [1.82, 2.24) is 9.55 Å². The Morgan fingerprint density at radius 3 is 2.78 bits per heavy atom. The molecule has 0 fully saturated rings. The summed E-state index contributed by atoms with van der Waals surface area (Å²) in [6.45, 7) is 2.80. The van der Waals surface area contributed by atoms with Crippen molar-refractivity contribution in [2.45, 2.75) is 19.9 Å². The van der Waals surface area contributed by atoms with Crippen molar-refractivity contribution in [3.63, 3.8) is 0 Å². The summed E-state index contributed by atoms with van der Waals surface area (Å²) in [5.74, 6) is 0.307. The summed E-state index contributed by atoms with van der Waals surface area (Å²) in [5.41, 5.74) is 0.410. The summed E-state index contributed by atoms with van der Waals surface area (Å²) in [4.78, 5) is 27.5. The lowest BCUT2D eigenvalue weighted by Gasteiger charge is -2.09. The third-order valence-corrected chi connectivity index (χ3v) is 3.63. The molecule has 2 heterocycles. The SMILES string of the molecule is CCCOc1c[nH]c(Cn2ccc3ccccc3c2=O)cc1=O. The first-order chi connectivity index (χ1) is 11.2. The minimum absolute atomic E-state index is 0.0738. The van der Waals surface area contributed by atoms with Crippen molar-refractivity contribution in [2.24, 2.45) is 0 Å². The Bertz CT molecular complexity index is 941. The van der Waals surface area contributed by atoms with Crippen molar-refractivity contribution in [1.29, 1.82) is 0 Å². The van der Waals surface area contributed by atoms with E-state index in [0.717, 1.165) is 11.8 Å². The number of benzene rings is 1. The molecule has 3 aromatic rings. The number of aromatic nitrogens is 2. The number of rotatable bonds is 5. The Morgan fingerprint density at radius 2 is 2.00 bits per heavy atom. The molecule has 5 nitrogen and oxygen atoms in total. The third kappa shape index (κ3) is 3.18. The zero-order valence-electron chi connectivity index (χ0n) is 12.9. The van der Waals surface area contributed by atoms with E-state index in [9.17, 15) is 9.59 Å². The maximum Gasteiger partial charge on any atom is 0.258 e. The summed E-state index contributed by atoms with van der Waals surface area (Å²) in [6.07, 6.45) is 4.14. The van der Waals surface area contributed by atoms with Crippen LogP contribution in [0.3, 0.4) is 0 Å². The van der Waals surface area contributed by atoms with E-state index in [1.54, 1.807) is 23.0 Å². The molecule has 0 saturated carbocycles. The fraction of sp³-hybridized carbons (Fsp3) is 0.222. The highest BCUT2D eigenvalue weighted by molar-refractivity contribution is 5.81. The average Bonchev–Trinajstić information content (AvgIpc) is 2.57. The second-order valence-corrected chi connectivity index (χ2v) is 5.37. The van der Waals surface area contributed by atoms with E-state index in [2.05, 4.69) is 4.98 Å². The molecule has 118 valence electrons. The predicted molar refractivity (Wildman–Crippen MR) is 90.2 cm³/mol.